The Morgan fingerprint density at radius 2 is 2.07 bits per heavy atom. The Bertz CT molecular complexity index is 828. The highest BCUT2D eigenvalue weighted by Crippen LogP contribution is 2.28. The Hall–Kier alpha value is -1.31. The summed E-state index contributed by atoms with van der Waals surface area (Å²) < 4.78 is 2.13. The summed E-state index contributed by atoms with van der Waals surface area (Å²) in [6.45, 7) is 3.50. The van der Waals surface area contributed by atoms with Crippen molar-refractivity contribution < 1.29 is 9.90 Å². The summed E-state index contributed by atoms with van der Waals surface area (Å²) >= 11 is 0. The van der Waals surface area contributed by atoms with Gasteiger partial charge in [0.15, 0.2) is 0 Å². The van der Waals surface area contributed by atoms with Gasteiger partial charge in [-0.3, -0.25) is 9.69 Å². The maximum absolute atomic E-state index is 11.8. The van der Waals surface area contributed by atoms with E-state index in [1.165, 1.54) is 16.8 Å². The van der Waals surface area contributed by atoms with E-state index < -0.39 is 12.0 Å². The molecule has 1 aromatic heterocycles. The van der Waals surface area contributed by atoms with E-state index in [1.54, 1.807) is 0 Å². The molecular weight excluding hydrogens is 423 g/mol. The number of hydrogen-bond donors (Lipinski definition) is 2. The first-order chi connectivity index (χ1) is 12.0. The lowest BCUT2D eigenvalue weighted by Crippen LogP contribution is -2.42. The average molecular weight is 450 g/mol. The Morgan fingerprint density at radius 1 is 1.32 bits per heavy atom. The molecule has 0 saturated carbocycles. The maximum Gasteiger partial charge on any atom is 0.321 e. The first kappa shape index (κ1) is 24.7. The summed E-state index contributed by atoms with van der Waals surface area (Å²) in [4.78, 5) is 18.4. The van der Waals surface area contributed by atoms with Gasteiger partial charge in [-0.2, -0.15) is 0 Å². The summed E-state index contributed by atoms with van der Waals surface area (Å²) in [5, 5.41) is 9.69. The van der Waals surface area contributed by atoms with E-state index in [4.69, 9.17) is 5.73 Å². The van der Waals surface area contributed by atoms with Crippen LogP contribution >= 0.6 is 37.2 Å². The molecule has 1 aromatic carbocycles. The van der Waals surface area contributed by atoms with Crippen molar-refractivity contribution in [1.82, 2.24) is 14.5 Å². The quantitative estimate of drug-likeness (QED) is 0.749. The van der Waals surface area contributed by atoms with Crippen molar-refractivity contribution in [2.24, 2.45) is 5.73 Å². The molecule has 0 radical (unpaired) electrons. The first-order valence-electron chi connectivity index (χ1n) is 8.90. The lowest BCUT2D eigenvalue weighted by atomic mass is 9.97. The van der Waals surface area contributed by atoms with Crippen LogP contribution in [0, 0.1) is 6.92 Å². The lowest BCUT2D eigenvalue weighted by molar-refractivity contribution is -0.142. The minimum Gasteiger partial charge on any atom is -0.480 e. The molecule has 2 aliphatic rings. The Kier molecular flexibility index (Phi) is 8.78. The number of aryl methyl sites for hydroxylation is 2. The van der Waals surface area contributed by atoms with Gasteiger partial charge < -0.3 is 15.4 Å². The fourth-order valence-electron chi connectivity index (χ4n) is 4.11. The van der Waals surface area contributed by atoms with Gasteiger partial charge in [0.05, 0.1) is 12.0 Å². The molecule has 3 heterocycles. The van der Waals surface area contributed by atoms with E-state index >= 15 is 0 Å². The number of carboxylic acids is 1. The van der Waals surface area contributed by atoms with Crippen molar-refractivity contribution in [2.45, 2.75) is 44.7 Å². The number of carboxylic acid groups (broad SMARTS) is 1. The third-order valence-corrected chi connectivity index (χ3v) is 5.45. The zero-order valence-electron chi connectivity index (χ0n) is 15.7. The number of carbonyl (C=O) groups is 1. The highest BCUT2D eigenvalue weighted by molar-refractivity contribution is 5.86. The zero-order valence-corrected chi connectivity index (χ0v) is 18.2. The summed E-state index contributed by atoms with van der Waals surface area (Å²) in [6, 6.07) is 6.00. The predicted molar refractivity (Wildman–Crippen MR) is 117 cm³/mol. The van der Waals surface area contributed by atoms with E-state index in [9.17, 15) is 9.90 Å². The molecule has 2 aliphatic heterocycles. The van der Waals surface area contributed by atoms with Crippen molar-refractivity contribution in [3.63, 3.8) is 0 Å². The van der Waals surface area contributed by atoms with Gasteiger partial charge in [-0.25, -0.2) is 4.98 Å². The number of likely N-dealkylation sites (tertiary alicyclic amines) is 1. The molecule has 0 bridgehead atoms. The maximum atomic E-state index is 11.8. The molecule has 0 amide bonds. The SMILES string of the molecule is Cc1ccc2c(c1)CCc1c(C[C@@H](C(=O)O)N3CC[C@H](N)C3)ncn1-2.Cl.Cl.Cl. The zero-order chi connectivity index (χ0) is 17.6. The van der Waals surface area contributed by atoms with E-state index in [0.717, 1.165) is 37.2 Å². The Balaban J connectivity index is 0.00000131. The van der Waals surface area contributed by atoms with Crippen LogP contribution in [0.15, 0.2) is 24.5 Å². The number of rotatable bonds is 4. The van der Waals surface area contributed by atoms with Crippen molar-refractivity contribution in [2.75, 3.05) is 13.1 Å². The summed E-state index contributed by atoms with van der Waals surface area (Å²) in [7, 11) is 0. The summed E-state index contributed by atoms with van der Waals surface area (Å²) in [5.74, 6) is -0.789. The molecule has 1 saturated heterocycles. The van der Waals surface area contributed by atoms with E-state index in [1.807, 2.05) is 11.2 Å². The van der Waals surface area contributed by atoms with E-state index in [-0.39, 0.29) is 43.3 Å². The third-order valence-electron chi connectivity index (χ3n) is 5.45. The second kappa shape index (κ2) is 9.94. The van der Waals surface area contributed by atoms with Gasteiger partial charge in [0, 0.05) is 36.9 Å². The van der Waals surface area contributed by atoms with Crippen molar-refractivity contribution >= 4 is 43.2 Å². The molecule has 3 N–H and O–H groups in total. The number of nitrogens with two attached hydrogens (primary N) is 1. The standard InChI is InChI=1S/C19H24N4O2.3ClH/c1-12-2-4-16-13(8-12)3-5-17-15(21-11-23(16)17)9-18(19(24)25)22-7-6-14(20)10-22;;;/h2,4,8,11,14,18H,3,5-7,9-10,20H2,1H3,(H,24,25);3*1H/t14-,18-;;;/m0.../s1. The molecule has 6 nitrogen and oxygen atoms in total. The molecule has 0 unspecified atom stereocenters. The minimum absolute atomic E-state index is 0. The Labute approximate surface area is 183 Å². The Morgan fingerprint density at radius 3 is 2.71 bits per heavy atom. The van der Waals surface area contributed by atoms with E-state index in [2.05, 4.69) is 34.7 Å². The number of aromatic nitrogens is 2. The van der Waals surface area contributed by atoms with Crippen LogP contribution in [0.1, 0.15) is 28.9 Å². The highest BCUT2D eigenvalue weighted by Gasteiger charge is 2.33. The normalized spacial score (nSPS) is 18.7. The average Bonchev–Trinajstić information content (AvgIpc) is 3.18. The number of nitrogens with zero attached hydrogens (tertiary/aromatic N) is 3. The summed E-state index contributed by atoms with van der Waals surface area (Å²) in [6.07, 6.45) is 5.01. The van der Waals surface area contributed by atoms with Crippen LogP contribution in [-0.4, -0.2) is 50.7 Å². The molecule has 156 valence electrons. The number of fused-ring (bicyclic) bond motifs is 3. The van der Waals surface area contributed by atoms with Crippen LogP contribution in [0.3, 0.4) is 0 Å². The van der Waals surface area contributed by atoms with E-state index in [0.29, 0.717) is 13.0 Å². The molecule has 4 rings (SSSR count). The molecule has 28 heavy (non-hydrogen) atoms. The van der Waals surface area contributed by atoms with Crippen LogP contribution in [0.4, 0.5) is 0 Å². The van der Waals surface area contributed by atoms with Gasteiger partial charge in [-0.1, -0.05) is 17.7 Å². The van der Waals surface area contributed by atoms with Gasteiger partial charge >= 0.3 is 5.97 Å². The highest BCUT2D eigenvalue weighted by atomic mass is 35.5. The second-order valence-corrected chi connectivity index (χ2v) is 7.24. The van der Waals surface area contributed by atoms with Crippen LogP contribution < -0.4 is 5.73 Å². The molecule has 9 heteroatoms. The molecule has 2 atom stereocenters. The van der Waals surface area contributed by atoms with Gasteiger partial charge in [0.25, 0.3) is 0 Å². The number of benzene rings is 1. The number of aliphatic carboxylic acids is 1. The van der Waals surface area contributed by atoms with Gasteiger partial charge in [0.1, 0.15) is 6.04 Å². The van der Waals surface area contributed by atoms with Crippen molar-refractivity contribution in [3.05, 3.63) is 47.0 Å². The number of halogens is 3. The second-order valence-electron chi connectivity index (χ2n) is 7.24. The number of imidazole rings is 1. The van der Waals surface area contributed by atoms with Crippen molar-refractivity contribution in [1.29, 1.82) is 0 Å². The molecule has 1 fully saturated rings. The predicted octanol–water partition coefficient (Wildman–Crippen LogP) is 2.57. The first-order valence-corrected chi connectivity index (χ1v) is 8.90. The van der Waals surface area contributed by atoms with Crippen LogP contribution in [-0.2, 0) is 24.1 Å². The molecular formula is C19H27Cl3N4O2. The van der Waals surface area contributed by atoms with Gasteiger partial charge in [-0.05, 0) is 37.8 Å². The molecule has 2 aromatic rings. The minimum atomic E-state index is -0.789. The van der Waals surface area contributed by atoms with Crippen LogP contribution in [0.25, 0.3) is 5.69 Å². The summed E-state index contributed by atoms with van der Waals surface area (Å²) in [5.41, 5.74) is 11.8. The van der Waals surface area contributed by atoms with Gasteiger partial charge in [0.2, 0.25) is 0 Å². The van der Waals surface area contributed by atoms with Gasteiger partial charge in [-0.15, -0.1) is 37.2 Å². The molecule has 0 spiro atoms. The third kappa shape index (κ3) is 4.63. The van der Waals surface area contributed by atoms with Crippen molar-refractivity contribution in [3.8, 4) is 5.69 Å². The molecule has 0 aliphatic carbocycles. The fraction of sp³-hybridized carbons (Fsp3) is 0.474. The monoisotopic (exact) mass is 448 g/mol. The topological polar surface area (TPSA) is 84.4 Å². The lowest BCUT2D eigenvalue weighted by Gasteiger charge is -2.25. The fourth-order valence-corrected chi connectivity index (χ4v) is 4.11. The van der Waals surface area contributed by atoms with Crippen LogP contribution in [0.5, 0.6) is 0 Å². The smallest absolute Gasteiger partial charge is 0.321 e. The van der Waals surface area contributed by atoms with Crippen LogP contribution in [0.2, 0.25) is 0 Å². The largest absolute Gasteiger partial charge is 0.480 e. The number of hydrogen-bond acceptors (Lipinski definition) is 4.